The molecule has 0 saturated heterocycles. The first-order valence-corrected chi connectivity index (χ1v) is 5.86. The Kier molecular flexibility index (Phi) is 5.76. The van der Waals surface area contributed by atoms with E-state index < -0.39 is 0 Å². The molecule has 0 aliphatic rings. The van der Waals surface area contributed by atoms with Gasteiger partial charge in [-0.15, -0.1) is 0 Å². The van der Waals surface area contributed by atoms with E-state index in [1.165, 1.54) is 19.3 Å². The summed E-state index contributed by atoms with van der Waals surface area (Å²) in [6, 6.07) is 1.97. The van der Waals surface area contributed by atoms with Gasteiger partial charge < -0.3 is 4.42 Å². The van der Waals surface area contributed by atoms with Gasteiger partial charge in [-0.3, -0.25) is 11.3 Å². The number of nitrogens with two attached hydrogens (primary N) is 1. The van der Waals surface area contributed by atoms with Crippen LogP contribution in [0.3, 0.4) is 0 Å². The second kappa shape index (κ2) is 6.88. The summed E-state index contributed by atoms with van der Waals surface area (Å²) in [5.74, 6) is 5.50. The molecule has 1 aromatic rings. The lowest BCUT2D eigenvalue weighted by atomic mass is 10.0. The largest absolute Gasteiger partial charge is 0.453 e. The minimum Gasteiger partial charge on any atom is -0.453 e. The van der Waals surface area contributed by atoms with Crippen molar-refractivity contribution in [2.75, 3.05) is 0 Å². The Morgan fingerprint density at radius 3 is 2.80 bits per heavy atom. The summed E-state index contributed by atoms with van der Waals surface area (Å²) in [5, 5.41) is 0.438. The van der Waals surface area contributed by atoms with E-state index in [1.807, 2.05) is 6.07 Å². The van der Waals surface area contributed by atoms with Crippen molar-refractivity contribution >= 4 is 11.6 Å². The van der Waals surface area contributed by atoms with Crippen LogP contribution >= 0.6 is 11.6 Å². The number of unbranched alkanes of at least 4 members (excludes halogenated alkanes) is 3. The Morgan fingerprint density at radius 1 is 1.47 bits per heavy atom. The van der Waals surface area contributed by atoms with Crippen LogP contribution in [0.25, 0.3) is 0 Å². The van der Waals surface area contributed by atoms with Crippen molar-refractivity contribution in [3.63, 3.8) is 0 Å². The molecule has 4 heteroatoms. The summed E-state index contributed by atoms with van der Waals surface area (Å²) >= 11 is 5.89. The van der Waals surface area contributed by atoms with Gasteiger partial charge in [0.25, 0.3) is 0 Å². The first-order chi connectivity index (χ1) is 7.29. The van der Waals surface area contributed by atoms with Crippen LogP contribution in [0.2, 0.25) is 5.22 Å². The molecule has 3 N–H and O–H groups in total. The van der Waals surface area contributed by atoms with Crippen molar-refractivity contribution < 1.29 is 4.42 Å². The van der Waals surface area contributed by atoms with Crippen LogP contribution < -0.4 is 11.3 Å². The number of hydrazine groups is 1. The molecule has 0 fully saturated rings. The molecule has 0 aliphatic carbocycles. The van der Waals surface area contributed by atoms with Crippen LogP contribution in [0.4, 0.5) is 0 Å². The van der Waals surface area contributed by atoms with E-state index in [2.05, 4.69) is 12.3 Å². The third-order valence-corrected chi connectivity index (χ3v) is 2.88. The van der Waals surface area contributed by atoms with E-state index in [1.54, 1.807) is 6.26 Å². The monoisotopic (exact) mass is 230 g/mol. The van der Waals surface area contributed by atoms with Gasteiger partial charge in [-0.2, -0.15) is 0 Å². The van der Waals surface area contributed by atoms with Gasteiger partial charge >= 0.3 is 0 Å². The van der Waals surface area contributed by atoms with Crippen LogP contribution in [0.5, 0.6) is 0 Å². The van der Waals surface area contributed by atoms with Crippen molar-refractivity contribution in [2.45, 2.75) is 45.1 Å². The Morgan fingerprint density at radius 2 is 2.27 bits per heavy atom. The van der Waals surface area contributed by atoms with Gasteiger partial charge in [-0.1, -0.05) is 32.6 Å². The fraction of sp³-hybridized carbons (Fsp3) is 0.636. The van der Waals surface area contributed by atoms with Gasteiger partial charge in [0.15, 0.2) is 5.22 Å². The van der Waals surface area contributed by atoms with E-state index in [0.717, 1.165) is 18.4 Å². The predicted molar refractivity (Wildman–Crippen MR) is 62.5 cm³/mol. The van der Waals surface area contributed by atoms with E-state index >= 15 is 0 Å². The van der Waals surface area contributed by atoms with Gasteiger partial charge in [-0.05, 0) is 24.1 Å². The molecular formula is C11H19ClN2O. The molecule has 0 aliphatic heterocycles. The van der Waals surface area contributed by atoms with Crippen LogP contribution in [0, 0.1) is 0 Å². The highest BCUT2D eigenvalue weighted by Crippen LogP contribution is 2.27. The second-order valence-corrected chi connectivity index (χ2v) is 4.06. The first-order valence-electron chi connectivity index (χ1n) is 5.48. The zero-order valence-corrected chi connectivity index (χ0v) is 9.89. The fourth-order valence-corrected chi connectivity index (χ4v) is 1.90. The summed E-state index contributed by atoms with van der Waals surface area (Å²) in [6.45, 7) is 2.20. The molecule has 1 rings (SSSR count). The molecule has 0 spiro atoms. The highest BCUT2D eigenvalue weighted by atomic mass is 35.5. The maximum atomic E-state index is 5.89. The summed E-state index contributed by atoms with van der Waals surface area (Å²) < 4.78 is 5.04. The average Bonchev–Trinajstić information content (AvgIpc) is 2.65. The minimum atomic E-state index is 0.105. The second-order valence-electron chi connectivity index (χ2n) is 3.72. The molecule has 0 amide bonds. The Hall–Kier alpha value is -0.510. The first kappa shape index (κ1) is 12.6. The third-order valence-electron chi connectivity index (χ3n) is 2.57. The number of rotatable bonds is 7. The Balaban J connectivity index is 2.39. The summed E-state index contributed by atoms with van der Waals surface area (Å²) in [5.41, 5.74) is 3.73. The molecule has 1 atom stereocenters. The third kappa shape index (κ3) is 3.86. The molecule has 3 nitrogen and oxygen atoms in total. The van der Waals surface area contributed by atoms with E-state index in [9.17, 15) is 0 Å². The highest BCUT2D eigenvalue weighted by molar-refractivity contribution is 6.29. The molecule has 0 saturated carbocycles. The topological polar surface area (TPSA) is 51.2 Å². The molecule has 1 aromatic heterocycles. The number of nitrogens with one attached hydrogen (secondary N) is 1. The highest BCUT2D eigenvalue weighted by Gasteiger charge is 2.14. The molecule has 0 bridgehead atoms. The zero-order valence-electron chi connectivity index (χ0n) is 9.13. The fourth-order valence-electron chi connectivity index (χ4n) is 1.66. The van der Waals surface area contributed by atoms with E-state index in [4.69, 9.17) is 21.9 Å². The number of hydrogen-bond acceptors (Lipinski definition) is 3. The summed E-state index contributed by atoms with van der Waals surface area (Å²) in [6.07, 6.45) is 7.50. The summed E-state index contributed by atoms with van der Waals surface area (Å²) in [4.78, 5) is 0. The number of furan rings is 1. The minimum absolute atomic E-state index is 0.105. The normalized spacial score (nSPS) is 13.0. The maximum absolute atomic E-state index is 5.89. The van der Waals surface area contributed by atoms with Crippen LogP contribution in [0.1, 0.15) is 50.6 Å². The van der Waals surface area contributed by atoms with Gasteiger partial charge in [-0.25, -0.2) is 0 Å². The van der Waals surface area contributed by atoms with Gasteiger partial charge in [0, 0.05) is 5.56 Å². The molecule has 0 aromatic carbocycles. The number of hydrogen-bond donors (Lipinski definition) is 2. The molecule has 1 heterocycles. The average molecular weight is 231 g/mol. The summed E-state index contributed by atoms with van der Waals surface area (Å²) in [7, 11) is 0. The molecule has 86 valence electrons. The van der Waals surface area contributed by atoms with Crippen molar-refractivity contribution in [2.24, 2.45) is 5.84 Å². The van der Waals surface area contributed by atoms with Crippen LogP contribution in [-0.2, 0) is 0 Å². The lowest BCUT2D eigenvalue weighted by Crippen LogP contribution is -2.27. The lowest BCUT2D eigenvalue weighted by Gasteiger charge is -2.14. The SMILES string of the molecule is CCCCCCC(NN)c1ccoc1Cl. The molecule has 0 radical (unpaired) electrons. The van der Waals surface area contributed by atoms with E-state index in [-0.39, 0.29) is 6.04 Å². The lowest BCUT2D eigenvalue weighted by molar-refractivity contribution is 0.474. The van der Waals surface area contributed by atoms with Crippen molar-refractivity contribution in [1.29, 1.82) is 0 Å². The number of halogens is 1. The van der Waals surface area contributed by atoms with Crippen LogP contribution in [-0.4, -0.2) is 0 Å². The quantitative estimate of drug-likeness (QED) is 0.429. The zero-order chi connectivity index (χ0) is 11.1. The van der Waals surface area contributed by atoms with Crippen molar-refractivity contribution in [3.8, 4) is 0 Å². The van der Waals surface area contributed by atoms with E-state index in [0.29, 0.717) is 5.22 Å². The molecule has 15 heavy (non-hydrogen) atoms. The Labute approximate surface area is 95.9 Å². The van der Waals surface area contributed by atoms with Gasteiger partial charge in [0.05, 0.1) is 12.3 Å². The smallest absolute Gasteiger partial charge is 0.197 e. The molecular weight excluding hydrogens is 212 g/mol. The standard InChI is InChI=1S/C11H19ClN2O/c1-2-3-4-5-6-10(14-13)9-7-8-15-11(9)12/h7-8,10,14H,2-6,13H2,1H3. The maximum Gasteiger partial charge on any atom is 0.197 e. The van der Waals surface area contributed by atoms with Crippen LogP contribution in [0.15, 0.2) is 16.7 Å². The Bertz CT molecular complexity index is 275. The molecule has 1 unspecified atom stereocenters. The van der Waals surface area contributed by atoms with Crippen molar-refractivity contribution in [1.82, 2.24) is 5.43 Å². The van der Waals surface area contributed by atoms with Gasteiger partial charge in [0.2, 0.25) is 0 Å². The van der Waals surface area contributed by atoms with Gasteiger partial charge in [0.1, 0.15) is 0 Å². The van der Waals surface area contributed by atoms with Crippen molar-refractivity contribution in [3.05, 3.63) is 23.1 Å². The predicted octanol–water partition coefficient (Wildman–Crippen LogP) is 3.41.